The van der Waals surface area contributed by atoms with Crippen LogP contribution in [0.15, 0.2) is 18.2 Å². The Bertz CT molecular complexity index is 492. The van der Waals surface area contributed by atoms with Crippen molar-refractivity contribution >= 4 is 23.3 Å². The largest absolute Gasteiger partial charge is 0.462 e. The first-order valence-corrected chi connectivity index (χ1v) is 5.87. The number of benzene rings is 1. The van der Waals surface area contributed by atoms with Crippen molar-refractivity contribution < 1.29 is 9.53 Å². The Kier molecular flexibility index (Phi) is 4.57. The van der Waals surface area contributed by atoms with E-state index < -0.39 is 11.4 Å². The third-order valence-corrected chi connectivity index (χ3v) is 2.83. The predicted octanol–water partition coefficient (Wildman–Crippen LogP) is 3.02. The Hall–Kier alpha value is -1.73. The SMILES string of the molecule is CC(C)(C#N)CCOC(=O)c1ccc(N)c(Cl)c1. The van der Waals surface area contributed by atoms with Crippen molar-refractivity contribution in [2.24, 2.45) is 5.41 Å². The molecule has 1 rings (SSSR count). The Morgan fingerprint density at radius 2 is 2.22 bits per heavy atom. The van der Waals surface area contributed by atoms with Crippen LogP contribution in [-0.4, -0.2) is 12.6 Å². The zero-order valence-corrected chi connectivity index (χ0v) is 11.1. The summed E-state index contributed by atoms with van der Waals surface area (Å²) in [4.78, 5) is 11.7. The van der Waals surface area contributed by atoms with E-state index in [0.717, 1.165) is 0 Å². The van der Waals surface area contributed by atoms with E-state index in [1.165, 1.54) is 6.07 Å². The van der Waals surface area contributed by atoms with Crippen LogP contribution in [0.1, 0.15) is 30.6 Å². The van der Waals surface area contributed by atoms with Gasteiger partial charge >= 0.3 is 5.97 Å². The summed E-state index contributed by atoms with van der Waals surface area (Å²) in [6.07, 6.45) is 0.484. The Balaban J connectivity index is 2.56. The molecule has 0 saturated carbocycles. The number of hydrogen-bond donors (Lipinski definition) is 1. The van der Waals surface area contributed by atoms with Crippen molar-refractivity contribution in [2.45, 2.75) is 20.3 Å². The van der Waals surface area contributed by atoms with Gasteiger partial charge < -0.3 is 10.5 Å². The molecule has 0 heterocycles. The molecule has 0 bridgehead atoms. The number of nitrogen functional groups attached to an aromatic ring is 1. The van der Waals surface area contributed by atoms with Crippen LogP contribution in [-0.2, 0) is 4.74 Å². The first-order valence-electron chi connectivity index (χ1n) is 5.49. The lowest BCUT2D eigenvalue weighted by atomic mass is 9.92. The van der Waals surface area contributed by atoms with Crippen LogP contribution in [0.4, 0.5) is 5.69 Å². The van der Waals surface area contributed by atoms with Gasteiger partial charge in [-0.3, -0.25) is 0 Å². The van der Waals surface area contributed by atoms with Crippen molar-refractivity contribution in [3.05, 3.63) is 28.8 Å². The molecule has 18 heavy (non-hydrogen) atoms. The highest BCUT2D eigenvalue weighted by Gasteiger charge is 2.17. The molecule has 0 fully saturated rings. The molecule has 0 amide bonds. The topological polar surface area (TPSA) is 76.1 Å². The minimum atomic E-state index is -0.501. The molecular formula is C13H15ClN2O2. The minimum Gasteiger partial charge on any atom is -0.462 e. The van der Waals surface area contributed by atoms with E-state index in [1.807, 2.05) is 0 Å². The molecule has 0 saturated heterocycles. The third-order valence-electron chi connectivity index (χ3n) is 2.50. The third kappa shape index (κ3) is 3.94. The van der Waals surface area contributed by atoms with Crippen molar-refractivity contribution in [3.8, 4) is 6.07 Å². The lowest BCUT2D eigenvalue weighted by Crippen LogP contribution is -2.14. The molecule has 0 aliphatic heterocycles. The van der Waals surface area contributed by atoms with Crippen LogP contribution < -0.4 is 5.73 Å². The Morgan fingerprint density at radius 1 is 1.56 bits per heavy atom. The molecule has 96 valence electrons. The van der Waals surface area contributed by atoms with Gasteiger partial charge in [-0.1, -0.05) is 11.6 Å². The smallest absolute Gasteiger partial charge is 0.338 e. The van der Waals surface area contributed by atoms with Crippen LogP contribution in [0, 0.1) is 16.7 Å². The number of anilines is 1. The number of nitrogens with two attached hydrogens (primary N) is 1. The zero-order chi connectivity index (χ0) is 13.8. The van der Waals surface area contributed by atoms with Crippen LogP contribution in [0.5, 0.6) is 0 Å². The van der Waals surface area contributed by atoms with Gasteiger partial charge in [0, 0.05) is 0 Å². The highest BCUT2D eigenvalue weighted by atomic mass is 35.5. The lowest BCUT2D eigenvalue weighted by molar-refractivity contribution is 0.0475. The molecule has 5 heteroatoms. The van der Waals surface area contributed by atoms with Gasteiger partial charge in [-0.05, 0) is 38.5 Å². The fraction of sp³-hybridized carbons (Fsp3) is 0.385. The maximum Gasteiger partial charge on any atom is 0.338 e. The Morgan fingerprint density at radius 3 is 2.78 bits per heavy atom. The van der Waals surface area contributed by atoms with Crippen molar-refractivity contribution in [3.63, 3.8) is 0 Å². The van der Waals surface area contributed by atoms with Crippen molar-refractivity contribution in [1.29, 1.82) is 5.26 Å². The number of nitrogens with zero attached hydrogens (tertiary/aromatic N) is 1. The number of nitriles is 1. The fourth-order valence-corrected chi connectivity index (χ4v) is 1.37. The number of esters is 1. The number of rotatable bonds is 4. The number of carbonyl (C=O) groups is 1. The van der Waals surface area contributed by atoms with E-state index in [2.05, 4.69) is 6.07 Å². The minimum absolute atomic E-state index is 0.196. The monoisotopic (exact) mass is 266 g/mol. The van der Waals surface area contributed by atoms with Gasteiger partial charge in [-0.2, -0.15) is 5.26 Å². The first-order chi connectivity index (χ1) is 8.35. The lowest BCUT2D eigenvalue weighted by Gasteiger charge is -2.14. The molecule has 1 aromatic rings. The molecule has 0 aromatic heterocycles. The van der Waals surface area contributed by atoms with Gasteiger partial charge in [0.1, 0.15) is 0 Å². The van der Waals surface area contributed by atoms with E-state index in [0.29, 0.717) is 22.7 Å². The van der Waals surface area contributed by atoms with Crippen molar-refractivity contribution in [1.82, 2.24) is 0 Å². The summed E-state index contributed by atoms with van der Waals surface area (Å²) in [6, 6.07) is 6.72. The first kappa shape index (κ1) is 14.3. The van der Waals surface area contributed by atoms with Crippen LogP contribution >= 0.6 is 11.6 Å². The maximum atomic E-state index is 11.7. The zero-order valence-electron chi connectivity index (χ0n) is 10.4. The summed E-state index contributed by atoms with van der Waals surface area (Å²) in [7, 11) is 0. The van der Waals surface area contributed by atoms with Gasteiger partial charge in [0.25, 0.3) is 0 Å². The number of halogens is 1. The fourth-order valence-electron chi connectivity index (χ4n) is 1.19. The summed E-state index contributed by atoms with van der Waals surface area (Å²) in [6.45, 7) is 3.78. The standard InChI is InChI=1S/C13H15ClN2O2/c1-13(2,8-15)5-6-18-12(17)9-3-4-11(16)10(14)7-9/h3-4,7H,5-6,16H2,1-2H3. The maximum absolute atomic E-state index is 11.7. The Labute approximate surface area is 111 Å². The second-order valence-electron chi connectivity index (χ2n) is 4.62. The van der Waals surface area contributed by atoms with Crippen molar-refractivity contribution in [2.75, 3.05) is 12.3 Å². The van der Waals surface area contributed by atoms with Crippen LogP contribution in [0.2, 0.25) is 5.02 Å². The predicted molar refractivity (Wildman–Crippen MR) is 70.2 cm³/mol. The molecular weight excluding hydrogens is 252 g/mol. The molecule has 0 unspecified atom stereocenters. The number of hydrogen-bond acceptors (Lipinski definition) is 4. The number of carbonyl (C=O) groups excluding carboxylic acids is 1. The van der Waals surface area contributed by atoms with E-state index in [4.69, 9.17) is 27.3 Å². The highest BCUT2D eigenvalue weighted by Crippen LogP contribution is 2.21. The summed E-state index contributed by atoms with van der Waals surface area (Å²) in [5.74, 6) is -0.467. The summed E-state index contributed by atoms with van der Waals surface area (Å²) < 4.78 is 5.07. The van der Waals surface area contributed by atoms with Gasteiger partial charge in [-0.25, -0.2) is 4.79 Å². The highest BCUT2D eigenvalue weighted by molar-refractivity contribution is 6.33. The summed E-state index contributed by atoms with van der Waals surface area (Å²) >= 11 is 5.81. The second-order valence-corrected chi connectivity index (χ2v) is 5.03. The van der Waals surface area contributed by atoms with E-state index in [-0.39, 0.29) is 6.61 Å². The second kappa shape index (κ2) is 5.74. The molecule has 0 aliphatic carbocycles. The molecule has 0 aliphatic rings. The quantitative estimate of drug-likeness (QED) is 0.671. The molecule has 0 spiro atoms. The normalized spacial score (nSPS) is 10.8. The number of ether oxygens (including phenoxy) is 1. The molecule has 2 N–H and O–H groups in total. The van der Waals surface area contributed by atoms with E-state index in [9.17, 15) is 4.79 Å². The molecule has 0 atom stereocenters. The van der Waals surface area contributed by atoms with Gasteiger partial charge in [0.15, 0.2) is 0 Å². The average molecular weight is 267 g/mol. The van der Waals surface area contributed by atoms with Gasteiger partial charge in [0.05, 0.1) is 34.4 Å². The van der Waals surface area contributed by atoms with E-state index >= 15 is 0 Å². The van der Waals surface area contributed by atoms with Gasteiger partial charge in [0.2, 0.25) is 0 Å². The average Bonchev–Trinajstić information content (AvgIpc) is 2.32. The summed E-state index contributed by atoms with van der Waals surface area (Å²) in [5, 5.41) is 9.14. The van der Waals surface area contributed by atoms with E-state index in [1.54, 1.807) is 26.0 Å². The molecule has 0 radical (unpaired) electrons. The van der Waals surface area contributed by atoms with Crippen LogP contribution in [0.3, 0.4) is 0 Å². The van der Waals surface area contributed by atoms with Gasteiger partial charge in [-0.15, -0.1) is 0 Å². The summed E-state index contributed by atoms with van der Waals surface area (Å²) in [5.41, 5.74) is 5.81. The molecule has 4 nitrogen and oxygen atoms in total. The van der Waals surface area contributed by atoms with Crippen LogP contribution in [0.25, 0.3) is 0 Å². The molecule has 1 aromatic carbocycles.